The molecular weight excluding hydrogens is 618 g/mol. The maximum atomic E-state index is 12.6. The predicted octanol–water partition coefficient (Wildman–Crippen LogP) is 9.11. The number of rotatable bonds is 6. The van der Waals surface area contributed by atoms with Crippen LogP contribution in [0, 0.1) is 0 Å². The van der Waals surface area contributed by atoms with Gasteiger partial charge in [0.1, 0.15) is 0 Å². The minimum atomic E-state index is -1.07. The van der Waals surface area contributed by atoms with E-state index in [0.29, 0.717) is 11.8 Å². The second kappa shape index (κ2) is 17.0. The Balaban J connectivity index is 0.000000200. The van der Waals surface area contributed by atoms with Crippen molar-refractivity contribution in [2.75, 3.05) is 0 Å². The van der Waals surface area contributed by atoms with Crippen LogP contribution in [0.15, 0.2) is 24.3 Å². The van der Waals surface area contributed by atoms with E-state index < -0.39 is 11.9 Å². The molecule has 0 unspecified atom stereocenters. The summed E-state index contributed by atoms with van der Waals surface area (Å²) in [4.78, 5) is 23.0. The molecule has 0 saturated heterocycles. The summed E-state index contributed by atoms with van der Waals surface area (Å²) >= 11 is 0. The molecule has 0 radical (unpaired) electrons. The first-order valence-electron chi connectivity index (χ1n) is 17.5. The zero-order valence-corrected chi connectivity index (χ0v) is 30.0. The summed E-state index contributed by atoms with van der Waals surface area (Å²) in [6.07, 6.45) is 23.1. The average Bonchev–Trinajstić information content (AvgIpc) is 3.06. The van der Waals surface area contributed by atoms with Crippen LogP contribution in [0.2, 0.25) is 0 Å². The van der Waals surface area contributed by atoms with E-state index in [1.807, 2.05) is 0 Å². The molecule has 6 rings (SSSR count). The number of carbonyl (C=O) groups is 2. The van der Waals surface area contributed by atoms with Gasteiger partial charge in [-0.25, -0.2) is 9.59 Å². The van der Waals surface area contributed by atoms with Crippen molar-refractivity contribution in [3.8, 4) is 11.5 Å². The molecule has 0 aromatic heterocycles. The Morgan fingerprint density at radius 2 is 0.733 bits per heavy atom. The van der Waals surface area contributed by atoms with Crippen LogP contribution in [0.25, 0.3) is 0 Å². The van der Waals surface area contributed by atoms with Crippen LogP contribution in [0.3, 0.4) is 0 Å². The molecule has 0 aliphatic heterocycles. The molecule has 4 aliphatic rings. The molecule has 4 aliphatic carbocycles. The van der Waals surface area contributed by atoms with Crippen LogP contribution >= 0.6 is 0 Å². The summed E-state index contributed by atoms with van der Waals surface area (Å²) in [6, 6.07) is 7.43. The van der Waals surface area contributed by atoms with E-state index in [1.165, 1.54) is 51.4 Å². The quantitative estimate of drug-likeness (QED) is 0.297. The van der Waals surface area contributed by atoms with E-state index in [2.05, 4.69) is 12.1 Å². The maximum Gasteiger partial charge on any atom is 2.00 e. The van der Waals surface area contributed by atoms with E-state index in [9.17, 15) is 30.0 Å². The van der Waals surface area contributed by atoms with Gasteiger partial charge in [-0.3, -0.25) is 0 Å². The topological polar surface area (TPSA) is 121 Å². The minimum Gasteiger partial charge on any atom is -0.872 e. The number of benzene rings is 2. The molecule has 0 amide bonds. The van der Waals surface area contributed by atoms with Gasteiger partial charge < -0.3 is 20.4 Å². The molecule has 4 saturated carbocycles. The van der Waals surface area contributed by atoms with Crippen LogP contribution < -0.4 is 10.2 Å². The van der Waals surface area contributed by atoms with Gasteiger partial charge in [-0.05, 0) is 98.3 Å². The molecule has 0 heterocycles. The molecule has 2 N–H and O–H groups in total. The summed E-state index contributed by atoms with van der Waals surface area (Å²) in [6.45, 7) is 0. The molecule has 0 bridgehead atoms. The number of aromatic carboxylic acids is 2. The Morgan fingerprint density at radius 3 is 1.00 bits per heavy atom. The second-order valence-electron chi connectivity index (χ2n) is 13.9. The van der Waals surface area contributed by atoms with Crippen molar-refractivity contribution in [1.29, 1.82) is 0 Å². The van der Waals surface area contributed by atoms with Crippen LogP contribution in [-0.2, 0) is 19.5 Å². The van der Waals surface area contributed by atoms with E-state index >= 15 is 0 Å². The minimum absolute atomic E-state index is 0. The van der Waals surface area contributed by atoms with Gasteiger partial charge in [0.25, 0.3) is 0 Å². The molecular formula is C38H50O6Zn. The van der Waals surface area contributed by atoms with Gasteiger partial charge >= 0.3 is 31.4 Å². The fourth-order valence-electron chi connectivity index (χ4n) is 8.44. The largest absolute Gasteiger partial charge is 2.00 e. The molecule has 240 valence electrons. The smallest absolute Gasteiger partial charge is 0.872 e. The van der Waals surface area contributed by atoms with Crippen molar-refractivity contribution in [2.24, 2.45) is 0 Å². The first-order valence-corrected chi connectivity index (χ1v) is 17.5. The Kier molecular flexibility index (Phi) is 13.4. The van der Waals surface area contributed by atoms with Crippen LogP contribution in [-0.4, -0.2) is 22.2 Å². The van der Waals surface area contributed by atoms with Gasteiger partial charge in [0.2, 0.25) is 0 Å². The Hall–Kier alpha value is -2.40. The first kappa shape index (κ1) is 35.5. The van der Waals surface area contributed by atoms with Crippen molar-refractivity contribution in [3.05, 3.63) is 57.6 Å². The van der Waals surface area contributed by atoms with Crippen molar-refractivity contribution in [3.63, 3.8) is 0 Å². The number of carboxylic acids is 2. The molecule has 0 spiro atoms. The second-order valence-corrected chi connectivity index (χ2v) is 13.9. The fourth-order valence-corrected chi connectivity index (χ4v) is 8.44. The van der Waals surface area contributed by atoms with Crippen molar-refractivity contribution >= 4 is 11.9 Å². The van der Waals surface area contributed by atoms with Crippen LogP contribution in [0.1, 0.15) is 195 Å². The van der Waals surface area contributed by atoms with E-state index in [0.717, 1.165) is 99.3 Å². The van der Waals surface area contributed by atoms with Crippen LogP contribution in [0.4, 0.5) is 0 Å². The van der Waals surface area contributed by atoms with Crippen molar-refractivity contribution in [1.82, 2.24) is 0 Å². The third kappa shape index (κ3) is 8.90. The molecule has 45 heavy (non-hydrogen) atoms. The molecule has 4 fully saturated rings. The Labute approximate surface area is 281 Å². The summed E-state index contributed by atoms with van der Waals surface area (Å²) in [5.41, 5.74) is 3.72. The van der Waals surface area contributed by atoms with E-state index in [4.69, 9.17) is 0 Å². The van der Waals surface area contributed by atoms with Gasteiger partial charge in [-0.15, -0.1) is 0 Å². The number of carboxylic acid groups (broad SMARTS) is 2. The van der Waals surface area contributed by atoms with Gasteiger partial charge in [-0.1, -0.05) is 112 Å². The number of hydrogen-bond acceptors (Lipinski definition) is 4. The zero-order valence-electron chi connectivity index (χ0n) is 27.0. The molecule has 6 nitrogen and oxygen atoms in total. The summed E-state index contributed by atoms with van der Waals surface area (Å²) < 4.78 is 0. The average molecular weight is 668 g/mol. The predicted molar refractivity (Wildman–Crippen MR) is 169 cm³/mol. The molecule has 2 aromatic carbocycles. The number of hydrogen-bond donors (Lipinski definition) is 2. The first-order chi connectivity index (χ1) is 21.3. The van der Waals surface area contributed by atoms with Crippen LogP contribution in [0.5, 0.6) is 11.5 Å². The normalized spacial score (nSPS) is 20.4. The Morgan fingerprint density at radius 1 is 0.467 bits per heavy atom. The standard InChI is InChI=1S/2C19H26O3.Zn/c2*20-18-16(14-9-5-2-6-10-14)11-15(12-17(18)19(21)22)13-7-3-1-4-8-13;/h2*11-14,20H,1-10H2,(H,21,22);/q;;+2/p-2. The zero-order chi connectivity index (χ0) is 31.1. The van der Waals surface area contributed by atoms with Gasteiger partial charge in [0.05, 0.1) is 11.1 Å². The third-order valence-electron chi connectivity index (χ3n) is 11.0. The molecule has 7 heteroatoms. The molecule has 2 aromatic rings. The summed E-state index contributed by atoms with van der Waals surface area (Å²) in [5.74, 6) is -1.20. The van der Waals surface area contributed by atoms with Crippen molar-refractivity contribution < 1.29 is 49.5 Å². The van der Waals surface area contributed by atoms with Gasteiger partial charge in [0, 0.05) is 0 Å². The Bertz CT molecular complexity index is 1180. The summed E-state index contributed by atoms with van der Waals surface area (Å²) in [7, 11) is 0. The van der Waals surface area contributed by atoms with Gasteiger partial charge in [-0.2, -0.15) is 0 Å². The summed E-state index contributed by atoms with van der Waals surface area (Å²) in [5, 5.41) is 44.0. The fraction of sp³-hybridized carbons (Fsp3) is 0.632. The maximum absolute atomic E-state index is 12.6. The SMILES string of the molecule is O=C(O)c1cc(C2CCCCC2)cc(C2CCCCC2)c1[O-].O=C(O)c1cc(C2CCCCC2)cc(C2CCCCC2)c1[O-].[Zn+2]. The van der Waals surface area contributed by atoms with Gasteiger partial charge in [0.15, 0.2) is 0 Å². The third-order valence-corrected chi connectivity index (χ3v) is 11.0. The monoisotopic (exact) mass is 666 g/mol. The molecule has 0 atom stereocenters. The van der Waals surface area contributed by atoms with Crippen molar-refractivity contribution in [2.45, 2.75) is 152 Å². The van der Waals surface area contributed by atoms with E-state index in [-0.39, 0.29) is 53.9 Å². The van der Waals surface area contributed by atoms with E-state index in [1.54, 1.807) is 12.1 Å².